The molecule has 8 heteroatoms. The zero-order valence-electron chi connectivity index (χ0n) is 14.2. The lowest BCUT2D eigenvalue weighted by Crippen LogP contribution is -2.15. The number of hydrogen-bond acceptors (Lipinski definition) is 2. The first kappa shape index (κ1) is 22.0. The smallest absolute Gasteiger partial charge is 0.376 e. The minimum Gasteiger partial charge on any atom is -0.376 e. The lowest BCUT2D eigenvalue weighted by atomic mass is 10.1. The van der Waals surface area contributed by atoms with Crippen LogP contribution >= 0.6 is 11.8 Å². The molecule has 0 aromatic heterocycles. The Morgan fingerprint density at radius 1 is 1.00 bits per heavy atom. The number of rotatable bonds is 9. The predicted octanol–water partition coefficient (Wildman–Crippen LogP) is 7.19. The van der Waals surface area contributed by atoms with Crippen LogP contribution in [0, 0.1) is 0 Å². The summed E-state index contributed by atoms with van der Waals surface area (Å²) in [5, 5.41) is 2.95. The summed E-state index contributed by atoms with van der Waals surface area (Å²) in [6.07, 6.45) is -4.50. The molecule has 0 unspecified atom stereocenters. The summed E-state index contributed by atoms with van der Waals surface area (Å²) >= 11 is 1.50. The lowest BCUT2D eigenvalue weighted by molar-refractivity contribution is -0.142. The monoisotopic (exact) mass is 387 g/mol. The molecule has 0 fully saturated rings. The molecule has 1 N–H and O–H groups in total. The molecule has 25 heavy (non-hydrogen) atoms. The molecule has 0 radical (unpaired) electrons. The number of unbranched alkanes of at least 4 members (excludes halogenated alkanes) is 2. The van der Waals surface area contributed by atoms with Crippen molar-refractivity contribution >= 4 is 17.4 Å². The third-order valence-corrected chi connectivity index (χ3v) is 5.17. The van der Waals surface area contributed by atoms with Gasteiger partial charge in [0.1, 0.15) is 0 Å². The Labute approximate surface area is 148 Å². The Bertz CT molecular complexity index is 527. The van der Waals surface area contributed by atoms with Gasteiger partial charge in [-0.25, -0.2) is 0 Å². The molecule has 1 aromatic carbocycles. The Morgan fingerprint density at radius 3 is 2.20 bits per heavy atom. The molecular weight excluding hydrogens is 364 g/mol. The number of alkyl halides is 6. The second-order valence-electron chi connectivity index (χ2n) is 5.77. The molecule has 0 heterocycles. The van der Waals surface area contributed by atoms with Crippen LogP contribution in [0.2, 0.25) is 0 Å². The van der Waals surface area contributed by atoms with E-state index in [1.807, 2.05) is 6.92 Å². The van der Waals surface area contributed by atoms with Gasteiger partial charge in [0.25, 0.3) is 0 Å². The molecule has 0 bridgehead atoms. The van der Waals surface area contributed by atoms with Crippen LogP contribution in [0.4, 0.5) is 32.0 Å². The van der Waals surface area contributed by atoms with Gasteiger partial charge in [-0.15, -0.1) is 11.8 Å². The van der Waals surface area contributed by atoms with Crippen LogP contribution in [0.25, 0.3) is 0 Å². The van der Waals surface area contributed by atoms with Crippen molar-refractivity contribution in [3.63, 3.8) is 0 Å². The van der Waals surface area contributed by atoms with E-state index in [1.165, 1.54) is 11.8 Å². The number of nitrogens with one attached hydrogen (secondary N) is 1. The van der Waals surface area contributed by atoms with Crippen molar-refractivity contribution in [3.05, 3.63) is 29.3 Å². The lowest BCUT2D eigenvalue weighted by Gasteiger charge is -2.19. The molecule has 0 aliphatic rings. The number of halogens is 6. The molecule has 1 atom stereocenters. The van der Waals surface area contributed by atoms with E-state index in [0.29, 0.717) is 11.3 Å². The first-order valence-corrected chi connectivity index (χ1v) is 9.28. The molecule has 144 valence electrons. The van der Waals surface area contributed by atoms with E-state index in [2.05, 4.69) is 12.2 Å². The number of thioether (sulfide) groups is 1. The molecule has 0 spiro atoms. The molecule has 1 rings (SSSR count). The van der Waals surface area contributed by atoms with Gasteiger partial charge in [-0.05, 0) is 31.0 Å². The number of benzene rings is 1. The fourth-order valence-corrected chi connectivity index (χ4v) is 3.42. The summed E-state index contributed by atoms with van der Waals surface area (Å²) in [5.74, 6) is 0.221. The van der Waals surface area contributed by atoms with E-state index in [4.69, 9.17) is 0 Å². The highest BCUT2D eigenvalue weighted by Crippen LogP contribution is 2.39. The Hall–Kier alpha value is -1.05. The summed E-state index contributed by atoms with van der Waals surface area (Å²) in [6.45, 7) is 4.11. The van der Waals surface area contributed by atoms with Gasteiger partial charge < -0.3 is 5.32 Å². The summed E-state index contributed by atoms with van der Waals surface area (Å²) in [6, 6.07) is 1.68. The van der Waals surface area contributed by atoms with Gasteiger partial charge in [0.2, 0.25) is 0 Å². The second kappa shape index (κ2) is 9.59. The molecular formula is C17H23F6NS. The predicted molar refractivity (Wildman–Crippen MR) is 90.7 cm³/mol. The minimum atomic E-state index is -4.85. The van der Waals surface area contributed by atoms with Crippen LogP contribution in [0.3, 0.4) is 0 Å². The quantitative estimate of drug-likeness (QED) is 0.273. The zero-order valence-corrected chi connectivity index (χ0v) is 15.0. The van der Waals surface area contributed by atoms with Crippen molar-refractivity contribution < 1.29 is 26.3 Å². The summed E-state index contributed by atoms with van der Waals surface area (Å²) in [7, 11) is 0. The van der Waals surface area contributed by atoms with Crippen molar-refractivity contribution in [2.45, 2.75) is 63.6 Å². The van der Waals surface area contributed by atoms with Crippen molar-refractivity contribution in [1.82, 2.24) is 0 Å². The normalized spacial score (nSPS) is 13.8. The second-order valence-corrected chi connectivity index (χ2v) is 7.06. The fraction of sp³-hybridized carbons (Fsp3) is 0.647. The fourth-order valence-electron chi connectivity index (χ4n) is 2.37. The van der Waals surface area contributed by atoms with Crippen LogP contribution in [0.15, 0.2) is 18.2 Å². The van der Waals surface area contributed by atoms with Crippen molar-refractivity contribution in [1.29, 1.82) is 0 Å². The van der Waals surface area contributed by atoms with Gasteiger partial charge in [0.05, 0.1) is 17.0 Å². The topological polar surface area (TPSA) is 12.0 Å². The molecule has 0 amide bonds. The maximum Gasteiger partial charge on any atom is 0.418 e. The molecule has 1 nitrogen and oxygen atoms in total. The van der Waals surface area contributed by atoms with Crippen molar-refractivity contribution in [2.24, 2.45) is 0 Å². The van der Waals surface area contributed by atoms with E-state index < -0.39 is 23.5 Å². The van der Waals surface area contributed by atoms with E-state index in [-0.39, 0.29) is 17.6 Å². The van der Waals surface area contributed by atoms with Crippen LogP contribution < -0.4 is 5.32 Å². The highest BCUT2D eigenvalue weighted by Gasteiger charge is 2.38. The van der Waals surface area contributed by atoms with Gasteiger partial charge in [0, 0.05) is 10.9 Å². The van der Waals surface area contributed by atoms with E-state index in [0.717, 1.165) is 38.2 Å². The Balaban J connectivity index is 2.77. The largest absolute Gasteiger partial charge is 0.418 e. The Morgan fingerprint density at radius 2 is 1.68 bits per heavy atom. The molecule has 0 saturated carbocycles. The van der Waals surface area contributed by atoms with Gasteiger partial charge in [-0.3, -0.25) is 0 Å². The average molecular weight is 387 g/mol. The van der Waals surface area contributed by atoms with E-state index in [1.54, 1.807) is 0 Å². The summed E-state index contributed by atoms with van der Waals surface area (Å²) in [4.78, 5) is 0. The summed E-state index contributed by atoms with van der Waals surface area (Å²) in [5.41, 5.74) is -2.91. The highest BCUT2D eigenvalue weighted by atomic mass is 32.2. The minimum absolute atomic E-state index is 0.158. The SMILES string of the molecule is CCCCC[C@H](CC)SCNc1ccc(C(F)(F)F)cc1C(F)(F)F. The van der Waals surface area contributed by atoms with Crippen LogP contribution in [0.5, 0.6) is 0 Å². The van der Waals surface area contributed by atoms with Gasteiger partial charge in [-0.2, -0.15) is 26.3 Å². The third kappa shape index (κ3) is 7.38. The Kier molecular flexibility index (Phi) is 8.44. The molecule has 0 aliphatic carbocycles. The number of anilines is 1. The standard InChI is InChI=1S/C17H23F6NS/c1-3-5-6-7-13(4-2)25-11-24-15-9-8-12(16(18,19)20)10-14(15)17(21,22)23/h8-10,13,24H,3-7,11H2,1-2H3/t13-/m0/s1. The van der Waals surface area contributed by atoms with Crippen molar-refractivity contribution in [2.75, 3.05) is 11.2 Å². The molecule has 0 saturated heterocycles. The van der Waals surface area contributed by atoms with Crippen LogP contribution in [-0.2, 0) is 12.4 Å². The van der Waals surface area contributed by atoms with Gasteiger partial charge >= 0.3 is 12.4 Å². The van der Waals surface area contributed by atoms with Crippen LogP contribution in [0.1, 0.15) is 57.1 Å². The first-order valence-electron chi connectivity index (χ1n) is 8.23. The zero-order chi connectivity index (χ0) is 19.1. The highest BCUT2D eigenvalue weighted by molar-refractivity contribution is 7.99. The molecule has 0 aliphatic heterocycles. The van der Waals surface area contributed by atoms with Gasteiger partial charge in [0.15, 0.2) is 0 Å². The first-order chi connectivity index (χ1) is 11.6. The van der Waals surface area contributed by atoms with Gasteiger partial charge in [-0.1, -0.05) is 33.1 Å². The maximum absolute atomic E-state index is 13.1. The van der Waals surface area contributed by atoms with Crippen LogP contribution in [-0.4, -0.2) is 11.1 Å². The molecule has 1 aromatic rings. The average Bonchev–Trinajstić information content (AvgIpc) is 2.51. The van der Waals surface area contributed by atoms with Crippen molar-refractivity contribution in [3.8, 4) is 0 Å². The van der Waals surface area contributed by atoms with E-state index in [9.17, 15) is 26.3 Å². The summed E-state index contributed by atoms with van der Waals surface area (Å²) < 4.78 is 77.1. The number of hydrogen-bond donors (Lipinski definition) is 1. The van der Waals surface area contributed by atoms with E-state index >= 15 is 0 Å². The third-order valence-electron chi connectivity index (χ3n) is 3.82. The maximum atomic E-state index is 13.1.